The van der Waals surface area contributed by atoms with Crippen molar-refractivity contribution < 1.29 is 9.53 Å². The van der Waals surface area contributed by atoms with E-state index in [-0.39, 0.29) is 5.97 Å². The number of esters is 1. The third-order valence-electron chi connectivity index (χ3n) is 2.42. The first-order valence-corrected chi connectivity index (χ1v) is 5.55. The SMILES string of the molecule is COC(=O)CCNc1ncc(-c2cc[nH]c2)cn1. The molecule has 0 atom stereocenters. The van der Waals surface area contributed by atoms with Crippen LogP contribution in [-0.2, 0) is 9.53 Å². The zero-order valence-corrected chi connectivity index (χ0v) is 10.0. The Balaban J connectivity index is 1.90. The van der Waals surface area contributed by atoms with Crippen molar-refractivity contribution in [3.05, 3.63) is 30.9 Å². The van der Waals surface area contributed by atoms with E-state index in [0.29, 0.717) is 18.9 Å². The van der Waals surface area contributed by atoms with Crippen molar-refractivity contribution in [2.45, 2.75) is 6.42 Å². The van der Waals surface area contributed by atoms with Crippen molar-refractivity contribution in [3.8, 4) is 11.1 Å². The molecular formula is C12H14N4O2. The molecule has 2 heterocycles. The summed E-state index contributed by atoms with van der Waals surface area (Å²) in [6, 6.07) is 1.95. The van der Waals surface area contributed by atoms with Crippen LogP contribution in [0.5, 0.6) is 0 Å². The molecule has 94 valence electrons. The van der Waals surface area contributed by atoms with Crippen molar-refractivity contribution in [3.63, 3.8) is 0 Å². The van der Waals surface area contributed by atoms with Crippen LogP contribution in [0, 0.1) is 0 Å². The van der Waals surface area contributed by atoms with Gasteiger partial charge in [0.2, 0.25) is 5.95 Å². The minimum absolute atomic E-state index is 0.258. The van der Waals surface area contributed by atoms with Gasteiger partial charge < -0.3 is 15.0 Å². The van der Waals surface area contributed by atoms with Gasteiger partial charge in [0.25, 0.3) is 0 Å². The number of rotatable bonds is 5. The molecule has 6 heteroatoms. The van der Waals surface area contributed by atoms with E-state index in [1.807, 2.05) is 18.5 Å². The fraction of sp³-hybridized carbons (Fsp3) is 0.250. The Morgan fingerprint density at radius 3 is 2.78 bits per heavy atom. The number of nitrogens with one attached hydrogen (secondary N) is 2. The molecule has 2 aromatic rings. The lowest BCUT2D eigenvalue weighted by Gasteiger charge is -2.04. The second-order valence-electron chi connectivity index (χ2n) is 3.65. The molecule has 0 saturated heterocycles. The third-order valence-corrected chi connectivity index (χ3v) is 2.42. The normalized spacial score (nSPS) is 10.1. The minimum Gasteiger partial charge on any atom is -0.469 e. The number of nitrogens with zero attached hydrogens (tertiary/aromatic N) is 2. The Kier molecular flexibility index (Phi) is 3.90. The molecule has 2 N–H and O–H groups in total. The minimum atomic E-state index is -0.258. The summed E-state index contributed by atoms with van der Waals surface area (Å²) in [5.41, 5.74) is 1.98. The summed E-state index contributed by atoms with van der Waals surface area (Å²) in [6.45, 7) is 0.455. The Labute approximate surface area is 104 Å². The number of H-pyrrole nitrogens is 1. The van der Waals surface area contributed by atoms with Crippen LogP contribution in [0.15, 0.2) is 30.9 Å². The van der Waals surface area contributed by atoms with Crippen LogP contribution in [0.25, 0.3) is 11.1 Å². The van der Waals surface area contributed by atoms with Crippen molar-refractivity contribution in [1.29, 1.82) is 0 Å². The van der Waals surface area contributed by atoms with E-state index in [0.717, 1.165) is 11.1 Å². The Morgan fingerprint density at radius 2 is 2.17 bits per heavy atom. The molecule has 0 fully saturated rings. The molecule has 0 radical (unpaired) electrons. The number of carbonyl (C=O) groups excluding carboxylic acids is 1. The van der Waals surface area contributed by atoms with E-state index in [2.05, 4.69) is 25.0 Å². The lowest BCUT2D eigenvalue weighted by Crippen LogP contribution is -2.11. The molecule has 0 aliphatic rings. The van der Waals surface area contributed by atoms with Crippen LogP contribution in [0.3, 0.4) is 0 Å². The van der Waals surface area contributed by atoms with Crippen molar-refractivity contribution >= 4 is 11.9 Å². The third kappa shape index (κ3) is 3.07. The standard InChI is InChI=1S/C12H14N4O2/c1-18-11(17)3-5-14-12-15-7-10(8-16-12)9-2-4-13-6-9/h2,4,6-8,13H,3,5H2,1H3,(H,14,15,16). The van der Waals surface area contributed by atoms with Gasteiger partial charge in [-0.05, 0) is 6.07 Å². The summed E-state index contributed by atoms with van der Waals surface area (Å²) in [5, 5.41) is 2.95. The molecular weight excluding hydrogens is 232 g/mol. The quantitative estimate of drug-likeness (QED) is 0.780. The van der Waals surface area contributed by atoms with Crippen LogP contribution in [0.4, 0.5) is 5.95 Å². The highest BCUT2D eigenvalue weighted by molar-refractivity contribution is 5.69. The number of anilines is 1. The predicted octanol–water partition coefficient (Wildman–Crippen LogP) is 1.45. The van der Waals surface area contributed by atoms with Crippen molar-refractivity contribution in [1.82, 2.24) is 15.0 Å². The summed E-state index contributed by atoms with van der Waals surface area (Å²) < 4.78 is 4.53. The zero-order valence-electron chi connectivity index (χ0n) is 10.0. The molecule has 0 aromatic carbocycles. The lowest BCUT2D eigenvalue weighted by atomic mass is 10.2. The molecule has 0 saturated carbocycles. The molecule has 2 rings (SSSR count). The van der Waals surface area contributed by atoms with Gasteiger partial charge in [-0.25, -0.2) is 9.97 Å². The highest BCUT2D eigenvalue weighted by Gasteiger charge is 2.02. The Hall–Kier alpha value is -2.37. The number of hydrogen-bond donors (Lipinski definition) is 2. The maximum absolute atomic E-state index is 10.9. The van der Waals surface area contributed by atoms with Crippen LogP contribution in [0.1, 0.15) is 6.42 Å². The summed E-state index contributed by atoms with van der Waals surface area (Å²) >= 11 is 0. The van der Waals surface area contributed by atoms with Gasteiger partial charge in [0.1, 0.15) is 0 Å². The number of aromatic nitrogens is 3. The van der Waals surface area contributed by atoms with E-state index < -0.39 is 0 Å². The van der Waals surface area contributed by atoms with E-state index in [4.69, 9.17) is 0 Å². The maximum Gasteiger partial charge on any atom is 0.307 e. The summed E-state index contributed by atoms with van der Waals surface area (Å²) in [5.74, 6) is 0.240. The van der Waals surface area contributed by atoms with Gasteiger partial charge in [-0.15, -0.1) is 0 Å². The van der Waals surface area contributed by atoms with Gasteiger partial charge in [-0.3, -0.25) is 4.79 Å². The molecule has 0 aliphatic carbocycles. The van der Waals surface area contributed by atoms with Crippen LogP contribution < -0.4 is 5.32 Å². The first-order chi connectivity index (χ1) is 8.79. The molecule has 0 spiro atoms. The first kappa shape index (κ1) is 12.1. The van der Waals surface area contributed by atoms with Gasteiger partial charge in [0, 0.05) is 42.5 Å². The van der Waals surface area contributed by atoms with Crippen LogP contribution >= 0.6 is 0 Å². The molecule has 2 aromatic heterocycles. The highest BCUT2D eigenvalue weighted by Crippen LogP contribution is 2.16. The Bertz CT molecular complexity index is 493. The maximum atomic E-state index is 10.9. The van der Waals surface area contributed by atoms with Crippen molar-refractivity contribution in [2.24, 2.45) is 0 Å². The summed E-state index contributed by atoms with van der Waals surface area (Å²) in [7, 11) is 1.37. The molecule has 0 amide bonds. The second-order valence-corrected chi connectivity index (χ2v) is 3.65. The largest absolute Gasteiger partial charge is 0.469 e. The highest BCUT2D eigenvalue weighted by atomic mass is 16.5. The van der Waals surface area contributed by atoms with Gasteiger partial charge >= 0.3 is 5.97 Å². The van der Waals surface area contributed by atoms with E-state index in [1.54, 1.807) is 12.4 Å². The Morgan fingerprint density at radius 1 is 1.39 bits per heavy atom. The van der Waals surface area contributed by atoms with Crippen molar-refractivity contribution in [2.75, 3.05) is 19.0 Å². The fourth-order valence-corrected chi connectivity index (χ4v) is 1.45. The molecule has 0 unspecified atom stereocenters. The average Bonchev–Trinajstić information content (AvgIpc) is 2.93. The van der Waals surface area contributed by atoms with E-state index in [9.17, 15) is 4.79 Å². The monoisotopic (exact) mass is 246 g/mol. The summed E-state index contributed by atoms with van der Waals surface area (Å²) in [4.78, 5) is 22.2. The summed E-state index contributed by atoms with van der Waals surface area (Å²) in [6.07, 6.45) is 7.48. The molecule has 0 bridgehead atoms. The number of ether oxygens (including phenoxy) is 1. The number of carbonyl (C=O) groups is 1. The first-order valence-electron chi connectivity index (χ1n) is 5.55. The number of hydrogen-bond acceptors (Lipinski definition) is 5. The van der Waals surface area contributed by atoms with Gasteiger partial charge in [-0.1, -0.05) is 0 Å². The van der Waals surface area contributed by atoms with Crippen LogP contribution in [-0.4, -0.2) is 34.6 Å². The smallest absolute Gasteiger partial charge is 0.307 e. The average molecular weight is 246 g/mol. The van der Waals surface area contributed by atoms with E-state index >= 15 is 0 Å². The molecule has 0 aliphatic heterocycles. The number of aromatic amines is 1. The molecule has 6 nitrogen and oxygen atoms in total. The van der Waals surface area contributed by atoms with Gasteiger partial charge in [0.05, 0.1) is 13.5 Å². The van der Waals surface area contributed by atoms with Gasteiger partial charge in [0.15, 0.2) is 0 Å². The predicted molar refractivity (Wildman–Crippen MR) is 66.9 cm³/mol. The topological polar surface area (TPSA) is 79.9 Å². The fourth-order valence-electron chi connectivity index (χ4n) is 1.45. The second kappa shape index (κ2) is 5.81. The zero-order chi connectivity index (χ0) is 12.8. The van der Waals surface area contributed by atoms with Crippen LogP contribution in [0.2, 0.25) is 0 Å². The van der Waals surface area contributed by atoms with E-state index in [1.165, 1.54) is 7.11 Å². The lowest BCUT2D eigenvalue weighted by molar-refractivity contribution is -0.140. The number of methoxy groups -OCH3 is 1. The molecule has 18 heavy (non-hydrogen) atoms. The van der Waals surface area contributed by atoms with Gasteiger partial charge in [-0.2, -0.15) is 0 Å².